The van der Waals surface area contributed by atoms with E-state index >= 15 is 0 Å². The third-order valence-electron chi connectivity index (χ3n) is 3.79. The van der Waals surface area contributed by atoms with E-state index in [4.69, 9.17) is 4.74 Å². The minimum absolute atomic E-state index is 0.0766. The van der Waals surface area contributed by atoms with Crippen LogP contribution in [0, 0.1) is 6.92 Å². The topological polar surface area (TPSA) is 49.9 Å². The van der Waals surface area contributed by atoms with Gasteiger partial charge in [0.05, 0.1) is 6.54 Å². The fourth-order valence-corrected chi connectivity index (χ4v) is 2.54. The van der Waals surface area contributed by atoms with Gasteiger partial charge in [-0.25, -0.2) is 4.79 Å². The summed E-state index contributed by atoms with van der Waals surface area (Å²) in [5.74, 6) is 0.568. The van der Waals surface area contributed by atoms with Gasteiger partial charge in [-0.3, -0.25) is 14.6 Å². The van der Waals surface area contributed by atoms with E-state index in [1.54, 1.807) is 0 Å². The normalized spacial score (nSPS) is 14.5. The smallest absolute Gasteiger partial charge is 0.331 e. The molecule has 1 fully saturated rings. The lowest BCUT2D eigenvalue weighted by Gasteiger charge is -2.17. The molecule has 1 saturated heterocycles. The highest BCUT2D eigenvalue weighted by Gasteiger charge is 2.36. The van der Waals surface area contributed by atoms with Crippen molar-refractivity contribution in [3.63, 3.8) is 0 Å². The molecule has 2 aromatic rings. The van der Waals surface area contributed by atoms with Crippen LogP contribution in [-0.4, -0.2) is 36.5 Å². The molecular formula is C18H18N2O3. The van der Waals surface area contributed by atoms with E-state index in [2.05, 4.69) is 0 Å². The van der Waals surface area contributed by atoms with Gasteiger partial charge in [0.2, 0.25) is 0 Å². The summed E-state index contributed by atoms with van der Waals surface area (Å²) in [7, 11) is 0. The number of nitrogens with zero attached hydrogens (tertiary/aromatic N) is 2. The average molecular weight is 310 g/mol. The van der Waals surface area contributed by atoms with Gasteiger partial charge in [0.1, 0.15) is 18.9 Å². The van der Waals surface area contributed by atoms with Crippen molar-refractivity contribution in [2.75, 3.05) is 24.6 Å². The molecule has 3 rings (SSSR count). The highest BCUT2D eigenvalue weighted by molar-refractivity contribution is 6.12. The number of hydrogen-bond acceptors (Lipinski definition) is 3. The van der Waals surface area contributed by atoms with Gasteiger partial charge in [-0.1, -0.05) is 36.4 Å². The number of carbonyl (C=O) groups is 2. The molecule has 0 aromatic heterocycles. The first-order valence-electron chi connectivity index (χ1n) is 7.52. The lowest BCUT2D eigenvalue weighted by Crippen LogP contribution is -2.36. The van der Waals surface area contributed by atoms with E-state index in [0.717, 1.165) is 17.0 Å². The number of hydrogen-bond donors (Lipinski definition) is 0. The predicted octanol–water partition coefficient (Wildman–Crippen LogP) is 2.84. The van der Waals surface area contributed by atoms with E-state index in [1.807, 2.05) is 61.5 Å². The second-order valence-electron chi connectivity index (χ2n) is 5.36. The highest BCUT2D eigenvalue weighted by Crippen LogP contribution is 2.21. The Labute approximate surface area is 135 Å². The molecule has 2 aromatic carbocycles. The van der Waals surface area contributed by atoms with Crippen molar-refractivity contribution in [3.05, 3.63) is 60.2 Å². The maximum Gasteiger partial charge on any atom is 0.331 e. The minimum Gasteiger partial charge on any atom is -0.491 e. The summed E-state index contributed by atoms with van der Waals surface area (Å²) in [5, 5.41) is 0. The summed E-state index contributed by atoms with van der Waals surface area (Å²) >= 11 is 0. The Hall–Kier alpha value is -2.82. The van der Waals surface area contributed by atoms with Gasteiger partial charge in [-0.2, -0.15) is 0 Å². The quantitative estimate of drug-likeness (QED) is 0.798. The zero-order valence-corrected chi connectivity index (χ0v) is 12.9. The summed E-state index contributed by atoms with van der Waals surface area (Å²) in [4.78, 5) is 27.2. The van der Waals surface area contributed by atoms with Crippen LogP contribution < -0.4 is 9.64 Å². The average Bonchev–Trinajstić information content (AvgIpc) is 2.85. The summed E-state index contributed by atoms with van der Waals surface area (Å²) in [6.07, 6.45) is 0. The van der Waals surface area contributed by atoms with E-state index in [1.165, 1.54) is 9.80 Å². The molecule has 0 unspecified atom stereocenters. The Balaban J connectivity index is 1.61. The van der Waals surface area contributed by atoms with Gasteiger partial charge in [-0.15, -0.1) is 0 Å². The first-order chi connectivity index (χ1) is 11.2. The van der Waals surface area contributed by atoms with Gasteiger partial charge in [0.25, 0.3) is 5.91 Å². The number of amides is 3. The number of para-hydroxylation sites is 2. The van der Waals surface area contributed by atoms with Gasteiger partial charge in [-0.05, 0) is 30.7 Å². The van der Waals surface area contributed by atoms with Crippen molar-refractivity contribution < 1.29 is 14.3 Å². The van der Waals surface area contributed by atoms with Crippen molar-refractivity contribution in [3.8, 4) is 5.75 Å². The van der Waals surface area contributed by atoms with Crippen LogP contribution in [0.25, 0.3) is 0 Å². The number of rotatable bonds is 5. The highest BCUT2D eigenvalue weighted by atomic mass is 16.5. The molecule has 23 heavy (non-hydrogen) atoms. The Bertz CT molecular complexity index is 715. The Morgan fingerprint density at radius 2 is 1.70 bits per heavy atom. The molecule has 0 N–H and O–H groups in total. The third-order valence-corrected chi connectivity index (χ3v) is 3.79. The first-order valence-corrected chi connectivity index (χ1v) is 7.52. The van der Waals surface area contributed by atoms with Crippen LogP contribution in [0.4, 0.5) is 10.5 Å². The predicted molar refractivity (Wildman–Crippen MR) is 87.6 cm³/mol. The van der Waals surface area contributed by atoms with Gasteiger partial charge < -0.3 is 4.74 Å². The zero-order valence-electron chi connectivity index (χ0n) is 12.9. The molecule has 0 atom stereocenters. The van der Waals surface area contributed by atoms with E-state index < -0.39 is 0 Å². The van der Waals surface area contributed by atoms with Crippen molar-refractivity contribution in [2.45, 2.75) is 6.92 Å². The number of imide groups is 1. The molecular weight excluding hydrogens is 292 g/mol. The molecule has 0 saturated carbocycles. The maximum absolute atomic E-state index is 12.4. The van der Waals surface area contributed by atoms with Crippen molar-refractivity contribution >= 4 is 17.6 Å². The van der Waals surface area contributed by atoms with Crippen LogP contribution in [0.5, 0.6) is 5.75 Å². The first kappa shape index (κ1) is 15.1. The third kappa shape index (κ3) is 3.18. The molecule has 1 heterocycles. The molecule has 5 heteroatoms. The van der Waals surface area contributed by atoms with Crippen LogP contribution in [-0.2, 0) is 4.79 Å². The van der Waals surface area contributed by atoms with E-state index in [9.17, 15) is 9.59 Å². The molecule has 0 radical (unpaired) electrons. The van der Waals surface area contributed by atoms with E-state index in [-0.39, 0.29) is 31.6 Å². The number of anilines is 1. The number of urea groups is 1. The molecule has 3 amide bonds. The minimum atomic E-state index is -0.297. The number of carbonyl (C=O) groups excluding carboxylic acids is 2. The van der Waals surface area contributed by atoms with Crippen molar-refractivity contribution in [1.29, 1.82) is 0 Å². The zero-order chi connectivity index (χ0) is 16.2. The Morgan fingerprint density at radius 1 is 1.00 bits per heavy atom. The van der Waals surface area contributed by atoms with Gasteiger partial charge in [0.15, 0.2) is 0 Å². The maximum atomic E-state index is 12.4. The summed E-state index contributed by atoms with van der Waals surface area (Å²) < 4.78 is 5.67. The van der Waals surface area contributed by atoms with Crippen molar-refractivity contribution in [2.24, 2.45) is 0 Å². The SMILES string of the molecule is Cc1ccccc1OCCN1C(=O)CN(c2ccccc2)C1=O. The number of ether oxygens (including phenoxy) is 1. The molecule has 0 bridgehead atoms. The number of aryl methyl sites for hydroxylation is 1. The summed E-state index contributed by atoms with van der Waals surface area (Å²) in [5.41, 5.74) is 1.76. The van der Waals surface area contributed by atoms with E-state index in [0.29, 0.717) is 0 Å². The molecule has 5 nitrogen and oxygen atoms in total. The molecule has 1 aliphatic rings. The number of benzene rings is 2. The van der Waals surface area contributed by atoms with Crippen LogP contribution >= 0.6 is 0 Å². The Morgan fingerprint density at radius 3 is 2.43 bits per heavy atom. The second kappa shape index (κ2) is 6.52. The lowest BCUT2D eigenvalue weighted by atomic mass is 10.2. The van der Waals surface area contributed by atoms with Gasteiger partial charge in [0, 0.05) is 5.69 Å². The van der Waals surface area contributed by atoms with Crippen LogP contribution in [0.3, 0.4) is 0 Å². The molecule has 0 spiro atoms. The summed E-state index contributed by atoms with van der Waals surface area (Å²) in [6, 6.07) is 16.6. The molecule has 118 valence electrons. The van der Waals surface area contributed by atoms with Crippen molar-refractivity contribution in [1.82, 2.24) is 4.90 Å². The van der Waals surface area contributed by atoms with Crippen LogP contribution in [0.1, 0.15) is 5.56 Å². The monoisotopic (exact) mass is 310 g/mol. The van der Waals surface area contributed by atoms with Crippen LogP contribution in [0.2, 0.25) is 0 Å². The molecule has 0 aliphatic carbocycles. The van der Waals surface area contributed by atoms with Crippen LogP contribution in [0.15, 0.2) is 54.6 Å². The summed E-state index contributed by atoms with van der Waals surface area (Å²) in [6.45, 7) is 2.56. The molecule has 1 aliphatic heterocycles. The van der Waals surface area contributed by atoms with Gasteiger partial charge >= 0.3 is 6.03 Å². The standard InChI is InChI=1S/C18H18N2O3/c1-14-7-5-6-10-16(14)23-12-11-19-17(21)13-20(18(19)22)15-8-3-2-4-9-15/h2-10H,11-13H2,1H3. The fourth-order valence-electron chi connectivity index (χ4n) is 2.54. The lowest BCUT2D eigenvalue weighted by molar-refractivity contribution is -0.125. The second-order valence-corrected chi connectivity index (χ2v) is 5.36. The fraction of sp³-hybridized carbons (Fsp3) is 0.222. The Kier molecular flexibility index (Phi) is 4.28. The largest absolute Gasteiger partial charge is 0.491 e.